The summed E-state index contributed by atoms with van der Waals surface area (Å²) in [5.74, 6) is -2.86. The van der Waals surface area contributed by atoms with Crippen LogP contribution in [0.3, 0.4) is 0 Å². The van der Waals surface area contributed by atoms with Crippen LogP contribution in [-0.2, 0) is 38.2 Å². The first kappa shape index (κ1) is 20.7. The Kier molecular flexibility index (Phi) is 5.53. The average Bonchev–Trinajstić information content (AvgIpc) is 2.51. The molecule has 2 aromatic rings. The van der Waals surface area contributed by atoms with Crippen LogP contribution >= 0.6 is 0 Å². The third-order valence-electron chi connectivity index (χ3n) is 3.39. The maximum absolute atomic E-state index is 11.0. The van der Waals surface area contributed by atoms with Gasteiger partial charge >= 0.3 is 0 Å². The molecule has 0 atom stereocenters. The summed E-state index contributed by atoms with van der Waals surface area (Å²) in [5, 5.41) is 38.7. The summed E-state index contributed by atoms with van der Waals surface area (Å²) < 4.78 is 67.1. The molecule has 2 aromatic carbocycles. The fourth-order valence-electron chi connectivity index (χ4n) is 2.12. The van der Waals surface area contributed by atoms with E-state index in [9.17, 15) is 37.3 Å². The Hall–Kier alpha value is -2.58. The van der Waals surface area contributed by atoms with Crippen LogP contribution in [0.25, 0.3) is 0 Å². The van der Waals surface area contributed by atoms with Crippen molar-refractivity contribution in [3.63, 3.8) is 0 Å². The first-order valence-electron chi connectivity index (χ1n) is 6.93. The molecule has 0 aromatic heterocycles. The molecule has 27 heavy (non-hydrogen) atoms. The number of phenolic OH excluding ortho intramolecular Hbond substituents is 4. The lowest BCUT2D eigenvalue weighted by Crippen LogP contribution is -2.02. The first-order chi connectivity index (χ1) is 12.3. The minimum Gasteiger partial charge on any atom is -0.508 e. The Balaban J connectivity index is 2.18. The van der Waals surface area contributed by atoms with Crippen LogP contribution in [0.15, 0.2) is 34.1 Å². The number of rotatable bonds is 6. The molecule has 0 fully saturated rings. The van der Waals surface area contributed by atoms with Gasteiger partial charge < -0.3 is 25.2 Å². The van der Waals surface area contributed by atoms with Crippen molar-refractivity contribution in [3.8, 4) is 23.0 Å². The maximum Gasteiger partial charge on any atom is 0.298 e. The zero-order valence-electron chi connectivity index (χ0n) is 13.3. The molecule has 0 saturated carbocycles. The number of aromatic hydroxyl groups is 4. The second-order valence-electron chi connectivity index (χ2n) is 5.34. The molecule has 0 aliphatic carbocycles. The Labute approximate surface area is 153 Å². The average molecular weight is 422 g/mol. The molecule has 13 heteroatoms. The summed E-state index contributed by atoms with van der Waals surface area (Å²) >= 11 is 0. The topological polar surface area (TPSA) is 199 Å². The minimum absolute atomic E-state index is 0.0573. The Morgan fingerprint density at radius 2 is 0.963 bits per heavy atom. The van der Waals surface area contributed by atoms with Crippen LogP contribution in [0.5, 0.6) is 23.0 Å². The van der Waals surface area contributed by atoms with E-state index in [0.29, 0.717) is 12.1 Å². The van der Waals surface area contributed by atoms with Crippen molar-refractivity contribution in [2.24, 2.45) is 0 Å². The van der Waals surface area contributed by atoms with Crippen LogP contribution in [0.1, 0.15) is 11.1 Å². The normalized spacial score (nSPS) is 12.2. The van der Waals surface area contributed by atoms with Crippen molar-refractivity contribution in [1.82, 2.24) is 0 Å². The second kappa shape index (κ2) is 7.21. The highest BCUT2D eigenvalue weighted by molar-refractivity contribution is 7.86. The van der Waals surface area contributed by atoms with Gasteiger partial charge in [-0.3, -0.25) is 9.11 Å². The second-order valence-corrected chi connectivity index (χ2v) is 8.12. The van der Waals surface area contributed by atoms with E-state index < -0.39 is 53.0 Å². The van der Waals surface area contributed by atoms with E-state index in [2.05, 4.69) is 0 Å². The van der Waals surface area contributed by atoms with E-state index >= 15 is 0 Å². The SMILES string of the molecule is O=S(=O)(O)c1cc(O)c(COCc2cc(O)c(S(=O)(=O)O)cc2O)cc1O. The number of hydrogen-bond acceptors (Lipinski definition) is 9. The van der Waals surface area contributed by atoms with Gasteiger partial charge in [-0.15, -0.1) is 0 Å². The Bertz CT molecular complexity index is 1000. The number of hydrogen-bond donors (Lipinski definition) is 6. The summed E-state index contributed by atoms with van der Waals surface area (Å²) in [6.45, 7) is -0.767. The number of phenols is 4. The van der Waals surface area contributed by atoms with Gasteiger partial charge in [0.1, 0.15) is 32.8 Å². The van der Waals surface area contributed by atoms with E-state index in [4.69, 9.17) is 13.8 Å². The van der Waals surface area contributed by atoms with E-state index in [1.54, 1.807) is 0 Å². The van der Waals surface area contributed by atoms with Gasteiger partial charge in [-0.2, -0.15) is 16.8 Å². The van der Waals surface area contributed by atoms with Crippen molar-refractivity contribution >= 4 is 20.2 Å². The fraction of sp³-hybridized carbons (Fsp3) is 0.143. The van der Waals surface area contributed by atoms with Gasteiger partial charge in [-0.05, 0) is 12.1 Å². The fourth-order valence-corrected chi connectivity index (χ4v) is 3.28. The minimum atomic E-state index is -4.74. The molecule has 0 aliphatic rings. The van der Waals surface area contributed by atoms with Gasteiger partial charge in [-0.25, -0.2) is 0 Å². The summed E-state index contributed by atoms with van der Waals surface area (Å²) in [6, 6.07) is 2.93. The number of benzene rings is 2. The molecule has 11 nitrogen and oxygen atoms in total. The van der Waals surface area contributed by atoms with Crippen LogP contribution in [0, 0.1) is 0 Å². The lowest BCUT2D eigenvalue weighted by atomic mass is 10.2. The van der Waals surface area contributed by atoms with Crippen molar-refractivity contribution in [1.29, 1.82) is 0 Å². The quantitative estimate of drug-likeness (QED) is 0.283. The van der Waals surface area contributed by atoms with Crippen LogP contribution in [0.2, 0.25) is 0 Å². The molecule has 0 amide bonds. The Morgan fingerprint density at radius 3 is 1.26 bits per heavy atom. The van der Waals surface area contributed by atoms with Gasteiger partial charge in [-0.1, -0.05) is 0 Å². The van der Waals surface area contributed by atoms with Gasteiger partial charge in [0.15, 0.2) is 0 Å². The highest BCUT2D eigenvalue weighted by Crippen LogP contribution is 2.33. The van der Waals surface area contributed by atoms with Gasteiger partial charge in [0, 0.05) is 23.3 Å². The highest BCUT2D eigenvalue weighted by atomic mass is 32.2. The third-order valence-corrected chi connectivity index (χ3v) is 5.16. The van der Waals surface area contributed by atoms with Crippen LogP contribution in [0.4, 0.5) is 0 Å². The molecule has 0 heterocycles. The molecule has 0 bridgehead atoms. The van der Waals surface area contributed by atoms with E-state index in [1.165, 1.54) is 0 Å². The number of ether oxygens (including phenoxy) is 1. The van der Waals surface area contributed by atoms with Gasteiger partial charge in [0.25, 0.3) is 20.2 Å². The van der Waals surface area contributed by atoms with Crippen molar-refractivity contribution in [3.05, 3.63) is 35.4 Å². The molecule has 0 spiro atoms. The van der Waals surface area contributed by atoms with Crippen molar-refractivity contribution in [2.45, 2.75) is 23.0 Å². The summed E-state index contributed by atoms with van der Waals surface area (Å²) in [7, 11) is -9.49. The van der Waals surface area contributed by atoms with Crippen molar-refractivity contribution < 1.29 is 51.1 Å². The monoisotopic (exact) mass is 422 g/mol. The molecule has 2 rings (SSSR count). The first-order valence-corrected chi connectivity index (χ1v) is 9.81. The largest absolute Gasteiger partial charge is 0.508 e. The summed E-state index contributed by atoms with van der Waals surface area (Å²) in [6.07, 6.45) is 0. The van der Waals surface area contributed by atoms with Crippen molar-refractivity contribution in [2.75, 3.05) is 0 Å². The molecule has 0 unspecified atom stereocenters. The maximum atomic E-state index is 11.0. The van der Waals surface area contributed by atoms with E-state index in [-0.39, 0.29) is 24.3 Å². The standard InChI is InChI=1S/C14H14O11S2/c15-9-3-13(26(19,20)21)11(17)1-7(9)5-25-6-8-2-12(18)14(4-10(8)16)27(22,23)24/h1-4,15-18H,5-6H2,(H,19,20,21)(H,22,23,24). The molecule has 0 radical (unpaired) electrons. The lowest BCUT2D eigenvalue weighted by Gasteiger charge is -2.11. The van der Waals surface area contributed by atoms with E-state index in [0.717, 1.165) is 12.1 Å². The van der Waals surface area contributed by atoms with E-state index in [1.807, 2.05) is 0 Å². The highest BCUT2D eigenvalue weighted by Gasteiger charge is 2.20. The van der Waals surface area contributed by atoms with Gasteiger partial charge in [0.05, 0.1) is 13.2 Å². The molecule has 6 N–H and O–H groups in total. The molecular formula is C14H14O11S2. The molecular weight excluding hydrogens is 408 g/mol. The smallest absolute Gasteiger partial charge is 0.298 e. The Morgan fingerprint density at radius 1 is 0.630 bits per heavy atom. The zero-order chi connectivity index (χ0) is 20.6. The summed E-state index contributed by atoms with van der Waals surface area (Å²) in [5.41, 5.74) is -0.115. The molecule has 0 saturated heterocycles. The summed E-state index contributed by atoms with van der Waals surface area (Å²) in [4.78, 5) is -1.79. The molecule has 0 aliphatic heterocycles. The van der Waals surface area contributed by atoms with Crippen LogP contribution < -0.4 is 0 Å². The zero-order valence-corrected chi connectivity index (χ0v) is 14.9. The lowest BCUT2D eigenvalue weighted by molar-refractivity contribution is 0.103. The predicted octanol–water partition coefficient (Wildman–Crippen LogP) is 0.719. The molecule has 148 valence electrons. The predicted molar refractivity (Wildman–Crippen MR) is 87.7 cm³/mol. The van der Waals surface area contributed by atoms with Crippen LogP contribution in [-0.4, -0.2) is 46.4 Å². The van der Waals surface area contributed by atoms with Gasteiger partial charge in [0.2, 0.25) is 0 Å². The third kappa shape index (κ3) is 4.78.